The molecule has 3 aromatic carbocycles. The number of fused-ring (bicyclic) bond motifs is 1. The third-order valence-corrected chi connectivity index (χ3v) is 8.18. The molecule has 41 heavy (non-hydrogen) atoms. The van der Waals surface area contributed by atoms with Gasteiger partial charge in [-0.15, -0.1) is 11.8 Å². The van der Waals surface area contributed by atoms with Crippen LogP contribution in [-0.4, -0.2) is 53.8 Å². The summed E-state index contributed by atoms with van der Waals surface area (Å²) in [6.07, 6.45) is 3.41. The minimum Gasteiger partial charge on any atom is -0.490 e. The lowest BCUT2D eigenvalue weighted by Crippen LogP contribution is -2.36. The summed E-state index contributed by atoms with van der Waals surface area (Å²) in [6, 6.07) is 19.0. The van der Waals surface area contributed by atoms with E-state index in [1.165, 1.54) is 0 Å². The lowest BCUT2D eigenvalue weighted by molar-refractivity contribution is 0.0955. The number of amides is 2. The van der Waals surface area contributed by atoms with Crippen LogP contribution >= 0.6 is 23.4 Å². The normalized spacial score (nSPS) is 12.5. The smallest absolute Gasteiger partial charge is 0.414 e. The van der Waals surface area contributed by atoms with Gasteiger partial charge in [-0.05, 0) is 49.7 Å². The summed E-state index contributed by atoms with van der Waals surface area (Å²) in [7, 11) is 0. The van der Waals surface area contributed by atoms with Gasteiger partial charge in [0.05, 0.1) is 18.4 Å². The number of nitrogens with zero attached hydrogens (tertiary/aromatic N) is 3. The number of rotatable bonds is 9. The first-order valence-corrected chi connectivity index (χ1v) is 14.8. The van der Waals surface area contributed by atoms with Crippen LogP contribution in [0, 0.1) is 6.92 Å². The highest BCUT2D eigenvalue weighted by Crippen LogP contribution is 2.42. The van der Waals surface area contributed by atoms with Gasteiger partial charge in [0.2, 0.25) is 0 Å². The fourth-order valence-corrected chi connectivity index (χ4v) is 5.93. The van der Waals surface area contributed by atoms with Crippen molar-refractivity contribution < 1.29 is 19.1 Å². The Hall–Kier alpha value is -3.95. The van der Waals surface area contributed by atoms with Gasteiger partial charge in [-0.2, -0.15) is 5.10 Å². The van der Waals surface area contributed by atoms with E-state index < -0.39 is 6.09 Å². The van der Waals surface area contributed by atoms with Crippen LogP contribution in [0.2, 0.25) is 5.02 Å². The molecule has 0 radical (unpaired) electrons. The molecule has 1 aliphatic rings. The maximum atomic E-state index is 13.0. The zero-order valence-electron chi connectivity index (χ0n) is 22.9. The number of thioether (sulfide) groups is 1. The average Bonchev–Trinajstić information content (AvgIpc) is 3.45. The van der Waals surface area contributed by atoms with Gasteiger partial charge in [0.25, 0.3) is 5.91 Å². The number of carbonyl (C=O) groups excluding carboxylic acids is 2. The Bertz CT molecular complexity index is 1560. The summed E-state index contributed by atoms with van der Waals surface area (Å²) in [6.45, 7) is 5.80. The minimum atomic E-state index is -0.405. The Kier molecular flexibility index (Phi) is 9.16. The number of aromatic nitrogens is 2. The van der Waals surface area contributed by atoms with E-state index in [0.29, 0.717) is 36.0 Å². The standard InChI is InChI=1S/C31H31ClN4O4S/c1-3-33-30(37)23-8-4-7-22(17-23)19-35-20-24(18-34-35)25-9-5-11-27-29(25)41-16-13-36(27)31(38)40-15-14-39-28-12-6-10-26(32)21(28)2/h4-12,17-18,20H,3,13-16,19H2,1-2H3,(H,33,37). The van der Waals surface area contributed by atoms with Crippen LogP contribution in [0.3, 0.4) is 0 Å². The van der Waals surface area contributed by atoms with Gasteiger partial charge in [-0.1, -0.05) is 41.9 Å². The number of hydrogen-bond acceptors (Lipinski definition) is 6. The fourth-order valence-electron chi connectivity index (χ4n) is 4.62. The van der Waals surface area contributed by atoms with Crippen LogP contribution in [0.1, 0.15) is 28.4 Å². The Morgan fingerprint density at radius 2 is 1.93 bits per heavy atom. The number of ether oxygens (including phenoxy) is 2. The molecule has 0 saturated carbocycles. The van der Waals surface area contributed by atoms with Gasteiger partial charge >= 0.3 is 6.09 Å². The number of hydrogen-bond donors (Lipinski definition) is 1. The first-order chi connectivity index (χ1) is 19.9. The maximum absolute atomic E-state index is 13.0. The van der Waals surface area contributed by atoms with Gasteiger partial charge < -0.3 is 14.8 Å². The second-order valence-corrected chi connectivity index (χ2v) is 11.0. The van der Waals surface area contributed by atoms with Gasteiger partial charge in [0.15, 0.2) is 0 Å². The fraction of sp³-hybridized carbons (Fsp3) is 0.258. The number of benzene rings is 3. The quantitative estimate of drug-likeness (QED) is 0.226. The van der Waals surface area contributed by atoms with Gasteiger partial charge in [-0.25, -0.2) is 4.79 Å². The Balaban J connectivity index is 1.25. The van der Waals surface area contributed by atoms with Crippen molar-refractivity contribution >= 4 is 41.1 Å². The Morgan fingerprint density at radius 3 is 2.78 bits per heavy atom. The van der Waals surface area contributed by atoms with E-state index in [0.717, 1.165) is 38.6 Å². The molecule has 2 heterocycles. The first-order valence-electron chi connectivity index (χ1n) is 13.4. The molecule has 8 nitrogen and oxygen atoms in total. The molecule has 1 aliphatic heterocycles. The van der Waals surface area contributed by atoms with Crippen molar-refractivity contribution in [3.8, 4) is 16.9 Å². The summed E-state index contributed by atoms with van der Waals surface area (Å²) in [4.78, 5) is 28.0. The first kappa shape index (κ1) is 28.6. The highest BCUT2D eigenvalue weighted by atomic mass is 35.5. The number of nitrogens with one attached hydrogen (secondary N) is 1. The highest BCUT2D eigenvalue weighted by Gasteiger charge is 2.26. The topological polar surface area (TPSA) is 85.7 Å². The highest BCUT2D eigenvalue weighted by molar-refractivity contribution is 7.99. The van der Waals surface area contributed by atoms with E-state index in [1.807, 2.05) is 85.5 Å². The molecule has 0 bridgehead atoms. The van der Waals surface area contributed by atoms with Crippen molar-refractivity contribution in [2.24, 2.45) is 0 Å². The molecule has 2 amide bonds. The van der Waals surface area contributed by atoms with Crippen molar-refractivity contribution in [1.29, 1.82) is 0 Å². The van der Waals surface area contributed by atoms with Crippen LogP contribution in [-0.2, 0) is 11.3 Å². The predicted molar refractivity (Wildman–Crippen MR) is 162 cm³/mol. The predicted octanol–water partition coefficient (Wildman–Crippen LogP) is 6.44. The molecule has 0 spiro atoms. The second-order valence-electron chi connectivity index (χ2n) is 9.47. The molecule has 212 valence electrons. The minimum absolute atomic E-state index is 0.0877. The molecule has 10 heteroatoms. The monoisotopic (exact) mass is 590 g/mol. The Morgan fingerprint density at radius 1 is 1.10 bits per heavy atom. The average molecular weight is 591 g/mol. The summed E-state index contributed by atoms with van der Waals surface area (Å²) < 4.78 is 13.2. The summed E-state index contributed by atoms with van der Waals surface area (Å²) in [5.74, 6) is 1.33. The molecular formula is C31H31ClN4O4S. The molecular weight excluding hydrogens is 560 g/mol. The van der Waals surface area contributed by atoms with E-state index in [2.05, 4.69) is 10.4 Å². The summed E-state index contributed by atoms with van der Waals surface area (Å²) in [5, 5.41) is 8.03. The maximum Gasteiger partial charge on any atom is 0.414 e. The number of halogens is 1. The third-order valence-electron chi connectivity index (χ3n) is 6.67. The zero-order chi connectivity index (χ0) is 28.8. The van der Waals surface area contributed by atoms with Crippen LogP contribution in [0.25, 0.3) is 11.1 Å². The van der Waals surface area contributed by atoms with Crippen LogP contribution in [0.15, 0.2) is 78.0 Å². The van der Waals surface area contributed by atoms with Crippen molar-refractivity contribution in [1.82, 2.24) is 15.1 Å². The van der Waals surface area contributed by atoms with Crippen molar-refractivity contribution in [3.05, 3.63) is 94.8 Å². The molecule has 4 aromatic rings. The van der Waals surface area contributed by atoms with Gasteiger partial charge in [-0.3, -0.25) is 14.4 Å². The van der Waals surface area contributed by atoms with Gasteiger partial charge in [0, 0.05) is 57.2 Å². The third kappa shape index (κ3) is 6.69. The molecule has 0 atom stereocenters. The van der Waals surface area contributed by atoms with Crippen LogP contribution in [0.5, 0.6) is 5.75 Å². The largest absolute Gasteiger partial charge is 0.490 e. The lowest BCUT2D eigenvalue weighted by atomic mass is 10.1. The number of carbonyl (C=O) groups is 2. The second kappa shape index (κ2) is 13.1. The van der Waals surface area contributed by atoms with E-state index >= 15 is 0 Å². The SMILES string of the molecule is CCNC(=O)c1cccc(Cn2cc(-c3cccc4c3SCCN4C(=O)OCCOc3cccc(Cl)c3C)cn2)c1. The van der Waals surface area contributed by atoms with E-state index in [4.69, 9.17) is 21.1 Å². The number of anilines is 1. The molecule has 1 N–H and O–H groups in total. The van der Waals surface area contributed by atoms with E-state index in [-0.39, 0.29) is 19.1 Å². The molecule has 0 aliphatic carbocycles. The Labute approximate surface area is 248 Å². The zero-order valence-corrected chi connectivity index (χ0v) is 24.5. The van der Waals surface area contributed by atoms with E-state index in [1.54, 1.807) is 22.7 Å². The van der Waals surface area contributed by atoms with Crippen molar-refractivity contribution in [2.75, 3.05) is 37.0 Å². The molecule has 0 saturated heterocycles. The van der Waals surface area contributed by atoms with Gasteiger partial charge in [0.1, 0.15) is 19.0 Å². The van der Waals surface area contributed by atoms with Crippen LogP contribution < -0.4 is 15.0 Å². The van der Waals surface area contributed by atoms with Crippen molar-refractivity contribution in [3.63, 3.8) is 0 Å². The molecule has 0 fully saturated rings. The lowest BCUT2D eigenvalue weighted by Gasteiger charge is -2.29. The van der Waals surface area contributed by atoms with Crippen molar-refractivity contribution in [2.45, 2.75) is 25.3 Å². The molecule has 1 aromatic heterocycles. The molecule has 0 unspecified atom stereocenters. The summed E-state index contributed by atoms with van der Waals surface area (Å²) >= 11 is 7.87. The molecule has 5 rings (SSSR count). The van der Waals surface area contributed by atoms with E-state index in [9.17, 15) is 9.59 Å². The summed E-state index contributed by atoms with van der Waals surface area (Å²) in [5.41, 5.74) is 5.24. The van der Waals surface area contributed by atoms with Crippen LogP contribution in [0.4, 0.5) is 10.5 Å².